The molecule has 0 atom stereocenters. The van der Waals surface area contributed by atoms with E-state index in [0.29, 0.717) is 23.7 Å². The summed E-state index contributed by atoms with van der Waals surface area (Å²) in [7, 11) is 0. The number of carbonyl (C=O) groups is 3. The number of nitrogens with one attached hydrogen (secondary N) is 1. The molecule has 0 bridgehead atoms. The van der Waals surface area contributed by atoms with E-state index in [2.05, 4.69) is 32.1 Å². The van der Waals surface area contributed by atoms with E-state index in [1.54, 1.807) is 15.9 Å². The Morgan fingerprint density at radius 1 is 0.660 bits per heavy atom. The zero-order valence-electron chi connectivity index (χ0n) is 32.6. The van der Waals surface area contributed by atoms with Gasteiger partial charge in [0.05, 0.1) is 0 Å². The highest BCUT2D eigenvalue weighted by molar-refractivity contribution is 6.31. The van der Waals surface area contributed by atoms with E-state index in [-0.39, 0.29) is 17.8 Å². The molecule has 0 saturated carbocycles. The summed E-state index contributed by atoms with van der Waals surface area (Å²) in [5, 5.41) is 4.59. The fraction of sp³-hybridized carbons (Fsp3) is 0.625. The van der Waals surface area contributed by atoms with E-state index in [1.807, 2.05) is 59.7 Å². The topological polar surface area (TPSA) is 97.9 Å². The number of ether oxygens (including phenoxy) is 2. The number of halogens is 2. The van der Waals surface area contributed by atoms with Gasteiger partial charge in [-0.2, -0.15) is 0 Å². The number of rotatable bonds is 5. The quantitative estimate of drug-likeness (QED) is 0.309. The Kier molecular flexibility index (Phi) is 15.9. The van der Waals surface area contributed by atoms with Crippen molar-refractivity contribution in [3.8, 4) is 0 Å². The van der Waals surface area contributed by atoms with Crippen LogP contribution in [0.15, 0.2) is 36.4 Å². The fourth-order valence-corrected chi connectivity index (χ4v) is 7.02. The highest BCUT2D eigenvalue weighted by Crippen LogP contribution is 2.29. The largest absolute Gasteiger partial charge is 0.444 e. The SMILES string of the molecule is CC(C)(C)OC(=O)N1CCN(Cc2cc(Cl)ccc2N2CCCC2)CC1.CC(C)(C)OC(=O)N1CCNCC1.O=Cc1cc(Cl)ccc1N1CCCC1. The smallest absolute Gasteiger partial charge is 0.410 e. The van der Waals surface area contributed by atoms with Crippen molar-refractivity contribution in [3.05, 3.63) is 57.6 Å². The first-order chi connectivity index (χ1) is 25.1. The lowest BCUT2D eigenvalue weighted by Gasteiger charge is -2.36. The Balaban J connectivity index is 0.000000196. The Morgan fingerprint density at radius 3 is 1.60 bits per heavy atom. The highest BCUT2D eigenvalue weighted by Gasteiger charge is 2.27. The number of carbonyl (C=O) groups excluding carboxylic acids is 3. The molecular formula is C40H60Cl2N6O5. The Bertz CT molecular complexity index is 1490. The van der Waals surface area contributed by atoms with Gasteiger partial charge in [0.15, 0.2) is 6.29 Å². The molecule has 1 N–H and O–H groups in total. The van der Waals surface area contributed by atoms with Crippen LogP contribution in [0.4, 0.5) is 21.0 Å². The minimum atomic E-state index is -0.445. The third-order valence-electron chi connectivity index (χ3n) is 9.24. The molecule has 4 saturated heterocycles. The molecule has 2 aromatic rings. The first-order valence-electron chi connectivity index (χ1n) is 19.0. The second kappa shape index (κ2) is 19.9. The van der Waals surface area contributed by atoms with Gasteiger partial charge in [0.2, 0.25) is 0 Å². The molecule has 0 radical (unpaired) electrons. The molecule has 4 aliphatic rings. The molecule has 13 heteroatoms. The number of hydrogen-bond acceptors (Lipinski definition) is 9. The summed E-state index contributed by atoms with van der Waals surface area (Å²) in [6.07, 6.45) is 5.40. The number of benzene rings is 2. The van der Waals surface area contributed by atoms with Crippen molar-refractivity contribution in [2.75, 3.05) is 88.3 Å². The molecule has 6 rings (SSSR count). The van der Waals surface area contributed by atoms with Crippen LogP contribution in [-0.2, 0) is 16.0 Å². The first-order valence-corrected chi connectivity index (χ1v) is 19.8. The van der Waals surface area contributed by atoms with Gasteiger partial charge in [0.25, 0.3) is 0 Å². The summed E-state index contributed by atoms with van der Waals surface area (Å²) in [5.74, 6) is 0. The molecule has 0 unspecified atom stereocenters. The molecule has 2 aromatic carbocycles. The van der Waals surface area contributed by atoms with Crippen molar-refractivity contribution in [3.63, 3.8) is 0 Å². The number of anilines is 2. The maximum absolute atomic E-state index is 12.2. The van der Waals surface area contributed by atoms with Gasteiger partial charge in [0.1, 0.15) is 11.2 Å². The molecule has 0 aromatic heterocycles. The van der Waals surface area contributed by atoms with Gasteiger partial charge in [-0.25, -0.2) is 9.59 Å². The van der Waals surface area contributed by atoms with Gasteiger partial charge in [-0.3, -0.25) is 9.69 Å². The average Bonchev–Trinajstić information content (AvgIpc) is 3.84. The molecule has 53 heavy (non-hydrogen) atoms. The van der Waals surface area contributed by atoms with Gasteiger partial charge in [-0.05, 0) is 109 Å². The summed E-state index contributed by atoms with van der Waals surface area (Å²) in [5.41, 5.74) is 3.47. The summed E-state index contributed by atoms with van der Waals surface area (Å²) in [4.78, 5) is 45.2. The van der Waals surface area contributed by atoms with Crippen molar-refractivity contribution in [2.45, 2.75) is 85.0 Å². The standard InChI is InChI=1S/C20H30ClN3O2.C11H12ClNO.C9H18N2O2/c1-20(2,3)26-19(25)24-12-10-22(11-13-24)15-16-14-17(21)6-7-18(16)23-8-4-5-9-23;12-10-3-4-11(9(7-10)8-14)13-5-1-2-6-13;1-9(2,3)13-8(12)11-6-4-10-5-7-11/h6-7,14H,4-5,8-13,15H2,1-3H3;3-4,7-8H,1-2,5-6H2;10H,4-7H2,1-3H3. The molecule has 294 valence electrons. The molecule has 4 aliphatic heterocycles. The minimum Gasteiger partial charge on any atom is -0.444 e. The zero-order valence-corrected chi connectivity index (χ0v) is 34.1. The maximum Gasteiger partial charge on any atom is 0.410 e. The van der Waals surface area contributed by atoms with E-state index in [0.717, 1.165) is 89.0 Å². The van der Waals surface area contributed by atoms with E-state index in [9.17, 15) is 14.4 Å². The lowest BCUT2D eigenvalue weighted by atomic mass is 10.1. The molecule has 4 fully saturated rings. The number of hydrogen-bond donors (Lipinski definition) is 1. The summed E-state index contributed by atoms with van der Waals surface area (Å²) < 4.78 is 10.7. The van der Waals surface area contributed by atoms with Gasteiger partial charge in [-0.1, -0.05) is 23.2 Å². The van der Waals surface area contributed by atoms with E-state index in [4.69, 9.17) is 32.7 Å². The monoisotopic (exact) mass is 774 g/mol. The summed E-state index contributed by atoms with van der Waals surface area (Å²) in [6.45, 7) is 22.9. The van der Waals surface area contributed by atoms with Gasteiger partial charge in [-0.15, -0.1) is 0 Å². The second-order valence-electron chi connectivity index (χ2n) is 15.9. The van der Waals surface area contributed by atoms with E-state index in [1.165, 1.54) is 36.9 Å². The van der Waals surface area contributed by atoms with Gasteiger partial charge >= 0.3 is 12.2 Å². The van der Waals surface area contributed by atoms with Crippen LogP contribution in [0.5, 0.6) is 0 Å². The minimum absolute atomic E-state index is 0.200. The summed E-state index contributed by atoms with van der Waals surface area (Å²) >= 11 is 12.1. The van der Waals surface area contributed by atoms with E-state index >= 15 is 0 Å². The lowest BCUT2D eigenvalue weighted by molar-refractivity contribution is 0.0138. The second-order valence-corrected chi connectivity index (χ2v) is 16.8. The molecule has 0 spiro atoms. The van der Waals surface area contributed by atoms with Crippen LogP contribution in [0, 0.1) is 0 Å². The van der Waals surface area contributed by atoms with E-state index < -0.39 is 5.60 Å². The van der Waals surface area contributed by atoms with Crippen LogP contribution in [0.2, 0.25) is 10.0 Å². The van der Waals surface area contributed by atoms with Crippen molar-refractivity contribution >= 4 is 53.0 Å². The van der Waals surface area contributed by atoms with Crippen LogP contribution >= 0.6 is 23.2 Å². The van der Waals surface area contributed by atoms with Crippen molar-refractivity contribution < 1.29 is 23.9 Å². The fourth-order valence-electron chi connectivity index (χ4n) is 6.64. The molecule has 2 amide bonds. The van der Waals surface area contributed by atoms with Crippen LogP contribution in [0.1, 0.15) is 83.1 Å². The van der Waals surface area contributed by atoms with Gasteiger partial charge in [0, 0.05) is 112 Å². The Hall–Kier alpha value is -3.25. The number of amides is 2. The zero-order chi connectivity index (χ0) is 38.6. The maximum atomic E-state index is 12.2. The highest BCUT2D eigenvalue weighted by atomic mass is 35.5. The van der Waals surface area contributed by atoms with Gasteiger partial charge < -0.3 is 34.4 Å². The molecular weight excluding hydrogens is 715 g/mol. The number of nitrogens with zero attached hydrogens (tertiary/aromatic N) is 5. The van der Waals surface area contributed by atoms with Crippen LogP contribution in [-0.4, -0.2) is 123 Å². The van der Waals surface area contributed by atoms with Crippen LogP contribution in [0.25, 0.3) is 0 Å². The molecule has 4 heterocycles. The van der Waals surface area contributed by atoms with Crippen molar-refractivity contribution in [1.82, 2.24) is 20.0 Å². The number of piperazine rings is 2. The van der Waals surface area contributed by atoms with Crippen molar-refractivity contribution in [2.24, 2.45) is 0 Å². The van der Waals surface area contributed by atoms with Crippen LogP contribution < -0.4 is 15.1 Å². The number of aldehydes is 1. The Labute approximate surface area is 326 Å². The average molecular weight is 776 g/mol. The predicted molar refractivity (Wildman–Crippen MR) is 215 cm³/mol. The third kappa shape index (κ3) is 14.2. The molecule has 11 nitrogen and oxygen atoms in total. The Morgan fingerprint density at radius 2 is 1.11 bits per heavy atom. The van der Waals surface area contributed by atoms with Crippen LogP contribution in [0.3, 0.4) is 0 Å². The summed E-state index contributed by atoms with van der Waals surface area (Å²) in [6, 6.07) is 11.7. The normalized spacial score (nSPS) is 18.1. The predicted octanol–water partition coefficient (Wildman–Crippen LogP) is 7.57. The van der Waals surface area contributed by atoms with Crippen molar-refractivity contribution in [1.29, 1.82) is 0 Å². The molecule has 0 aliphatic carbocycles. The lowest BCUT2D eigenvalue weighted by Crippen LogP contribution is -2.49. The first kappa shape index (κ1) is 42.5. The third-order valence-corrected chi connectivity index (χ3v) is 9.71.